The van der Waals surface area contributed by atoms with Crippen molar-refractivity contribution >= 4 is 11.6 Å². The van der Waals surface area contributed by atoms with E-state index in [1.807, 2.05) is 0 Å². The maximum atomic E-state index is 13.6. The first-order valence-electron chi connectivity index (χ1n) is 6.03. The molecule has 21 heavy (non-hydrogen) atoms. The van der Waals surface area contributed by atoms with Gasteiger partial charge in [0.2, 0.25) is 0 Å². The molecule has 1 amide bonds. The predicted molar refractivity (Wildman–Crippen MR) is 72.0 cm³/mol. The van der Waals surface area contributed by atoms with Gasteiger partial charge in [-0.3, -0.25) is 4.79 Å². The molecule has 0 aliphatic rings. The van der Waals surface area contributed by atoms with Crippen LogP contribution in [0, 0.1) is 24.4 Å². The van der Waals surface area contributed by atoms with Gasteiger partial charge in [-0.1, -0.05) is 6.07 Å². The second-order valence-electron chi connectivity index (χ2n) is 4.38. The highest BCUT2D eigenvalue weighted by Gasteiger charge is 2.19. The van der Waals surface area contributed by atoms with Crippen LogP contribution in [-0.2, 0) is 0 Å². The Balaban J connectivity index is 2.35. The quantitative estimate of drug-likeness (QED) is 0.877. The molecule has 6 heteroatoms. The Morgan fingerprint density at radius 1 is 1.10 bits per heavy atom. The standard InChI is InChI=1S/C15H12F3NO2/c1-8-3-6-12(21-2)11(7-8)19-15(20)9-4-5-10(16)14(18)13(9)17/h3-7H,1-2H3,(H,19,20). The lowest BCUT2D eigenvalue weighted by Gasteiger charge is -2.11. The van der Waals surface area contributed by atoms with Gasteiger partial charge in [-0.25, -0.2) is 13.2 Å². The minimum absolute atomic E-state index is 0.312. The number of nitrogens with one attached hydrogen (secondary N) is 1. The molecule has 2 aromatic carbocycles. The highest BCUT2D eigenvalue weighted by molar-refractivity contribution is 6.05. The van der Waals surface area contributed by atoms with Crippen molar-refractivity contribution in [2.75, 3.05) is 12.4 Å². The number of amides is 1. The molecule has 0 fully saturated rings. The lowest BCUT2D eigenvalue weighted by molar-refractivity contribution is 0.102. The first-order valence-corrected chi connectivity index (χ1v) is 6.03. The number of benzene rings is 2. The summed E-state index contributed by atoms with van der Waals surface area (Å²) in [5, 5.41) is 2.41. The number of methoxy groups -OCH3 is 1. The average Bonchev–Trinajstić information content (AvgIpc) is 2.45. The van der Waals surface area contributed by atoms with E-state index in [1.54, 1.807) is 25.1 Å². The summed E-state index contributed by atoms with van der Waals surface area (Å²) >= 11 is 0. The van der Waals surface area contributed by atoms with Gasteiger partial charge in [0.1, 0.15) is 5.75 Å². The van der Waals surface area contributed by atoms with Gasteiger partial charge in [-0.05, 0) is 36.8 Å². The fourth-order valence-corrected chi connectivity index (χ4v) is 1.81. The van der Waals surface area contributed by atoms with E-state index in [0.29, 0.717) is 17.5 Å². The monoisotopic (exact) mass is 295 g/mol. The summed E-state index contributed by atoms with van der Waals surface area (Å²) in [6, 6.07) is 6.60. The van der Waals surface area contributed by atoms with Gasteiger partial charge < -0.3 is 10.1 Å². The molecule has 1 N–H and O–H groups in total. The highest BCUT2D eigenvalue weighted by atomic mass is 19.2. The van der Waals surface area contributed by atoms with Crippen molar-refractivity contribution < 1.29 is 22.7 Å². The Kier molecular flexibility index (Phi) is 4.16. The van der Waals surface area contributed by atoms with Crippen molar-refractivity contribution in [3.63, 3.8) is 0 Å². The fourth-order valence-electron chi connectivity index (χ4n) is 1.81. The summed E-state index contributed by atoms with van der Waals surface area (Å²) in [6.45, 7) is 1.80. The topological polar surface area (TPSA) is 38.3 Å². The first-order chi connectivity index (χ1) is 9.93. The van der Waals surface area contributed by atoms with Crippen LogP contribution in [0.2, 0.25) is 0 Å². The number of hydrogen-bond acceptors (Lipinski definition) is 2. The van der Waals surface area contributed by atoms with Crippen LogP contribution in [0.25, 0.3) is 0 Å². The molecule has 110 valence electrons. The van der Waals surface area contributed by atoms with Gasteiger partial charge in [-0.2, -0.15) is 0 Å². The van der Waals surface area contributed by atoms with Crippen molar-refractivity contribution in [2.24, 2.45) is 0 Å². The summed E-state index contributed by atoms with van der Waals surface area (Å²) in [5.74, 6) is -5.08. The minimum Gasteiger partial charge on any atom is -0.495 e. The van der Waals surface area contributed by atoms with Crippen molar-refractivity contribution in [3.8, 4) is 5.75 Å². The Morgan fingerprint density at radius 3 is 2.48 bits per heavy atom. The van der Waals surface area contributed by atoms with Gasteiger partial charge in [0.25, 0.3) is 5.91 Å². The second-order valence-corrected chi connectivity index (χ2v) is 4.38. The normalized spacial score (nSPS) is 10.3. The molecule has 0 unspecified atom stereocenters. The van der Waals surface area contributed by atoms with Crippen LogP contribution in [-0.4, -0.2) is 13.0 Å². The maximum Gasteiger partial charge on any atom is 0.258 e. The third-order valence-corrected chi connectivity index (χ3v) is 2.88. The lowest BCUT2D eigenvalue weighted by Crippen LogP contribution is -2.15. The Hall–Kier alpha value is -2.50. The smallest absolute Gasteiger partial charge is 0.258 e. The summed E-state index contributed by atoms with van der Waals surface area (Å²) < 4.78 is 44.6. The van der Waals surface area contributed by atoms with Crippen molar-refractivity contribution in [1.82, 2.24) is 0 Å². The van der Waals surface area contributed by atoms with Crippen LogP contribution in [0.5, 0.6) is 5.75 Å². The molecule has 0 spiro atoms. The number of anilines is 1. The maximum absolute atomic E-state index is 13.6. The Bertz CT molecular complexity index is 702. The largest absolute Gasteiger partial charge is 0.495 e. The number of carbonyl (C=O) groups excluding carboxylic acids is 1. The third kappa shape index (κ3) is 2.99. The van der Waals surface area contributed by atoms with Crippen molar-refractivity contribution in [3.05, 3.63) is 58.9 Å². The van der Waals surface area contributed by atoms with Gasteiger partial charge in [0.15, 0.2) is 17.5 Å². The van der Waals surface area contributed by atoms with Gasteiger partial charge >= 0.3 is 0 Å². The molecule has 0 aromatic heterocycles. The summed E-state index contributed by atoms with van der Waals surface area (Å²) in [4.78, 5) is 12.0. The van der Waals surface area contributed by atoms with Crippen LogP contribution in [0.1, 0.15) is 15.9 Å². The molecule has 3 nitrogen and oxygen atoms in total. The third-order valence-electron chi connectivity index (χ3n) is 2.88. The van der Waals surface area contributed by atoms with Gasteiger partial charge in [-0.15, -0.1) is 0 Å². The highest BCUT2D eigenvalue weighted by Crippen LogP contribution is 2.26. The summed E-state index contributed by atoms with van der Waals surface area (Å²) in [7, 11) is 1.42. The average molecular weight is 295 g/mol. The van der Waals surface area contributed by atoms with E-state index in [4.69, 9.17) is 4.74 Å². The number of rotatable bonds is 3. The van der Waals surface area contributed by atoms with Crippen LogP contribution in [0.15, 0.2) is 30.3 Å². The van der Waals surface area contributed by atoms with E-state index >= 15 is 0 Å². The van der Waals surface area contributed by atoms with Crippen LogP contribution >= 0.6 is 0 Å². The van der Waals surface area contributed by atoms with Gasteiger partial charge in [0, 0.05) is 0 Å². The molecular formula is C15H12F3NO2. The number of hydrogen-bond donors (Lipinski definition) is 1. The number of halogens is 3. The molecule has 0 aliphatic heterocycles. The lowest BCUT2D eigenvalue weighted by atomic mass is 10.1. The summed E-state index contributed by atoms with van der Waals surface area (Å²) in [6.07, 6.45) is 0. The predicted octanol–water partition coefficient (Wildman–Crippen LogP) is 3.67. The molecular weight excluding hydrogens is 283 g/mol. The van der Waals surface area contributed by atoms with E-state index in [2.05, 4.69) is 5.32 Å². The van der Waals surface area contributed by atoms with E-state index in [9.17, 15) is 18.0 Å². The number of carbonyl (C=O) groups is 1. The van der Waals surface area contributed by atoms with E-state index < -0.39 is 28.9 Å². The molecule has 0 radical (unpaired) electrons. The Morgan fingerprint density at radius 2 is 1.81 bits per heavy atom. The molecule has 0 heterocycles. The molecule has 2 rings (SSSR count). The Labute approximate surface area is 119 Å². The molecule has 2 aromatic rings. The molecule has 0 saturated heterocycles. The zero-order valence-electron chi connectivity index (χ0n) is 11.3. The molecule has 0 bridgehead atoms. The number of ether oxygens (including phenoxy) is 1. The fraction of sp³-hybridized carbons (Fsp3) is 0.133. The van der Waals surface area contributed by atoms with Crippen LogP contribution in [0.4, 0.5) is 18.9 Å². The molecule has 0 saturated carbocycles. The second kappa shape index (κ2) is 5.87. The van der Waals surface area contributed by atoms with E-state index in [1.165, 1.54) is 7.11 Å². The van der Waals surface area contributed by atoms with Crippen LogP contribution < -0.4 is 10.1 Å². The van der Waals surface area contributed by atoms with Gasteiger partial charge in [0.05, 0.1) is 18.4 Å². The molecule has 0 aliphatic carbocycles. The van der Waals surface area contributed by atoms with Crippen LogP contribution in [0.3, 0.4) is 0 Å². The van der Waals surface area contributed by atoms with Crippen molar-refractivity contribution in [1.29, 1.82) is 0 Å². The van der Waals surface area contributed by atoms with E-state index in [0.717, 1.165) is 11.6 Å². The molecule has 0 atom stereocenters. The minimum atomic E-state index is -1.68. The first kappa shape index (κ1) is 14.9. The van der Waals surface area contributed by atoms with Crippen molar-refractivity contribution in [2.45, 2.75) is 6.92 Å². The zero-order chi connectivity index (χ0) is 15.6. The zero-order valence-corrected chi connectivity index (χ0v) is 11.3. The number of aryl methyl sites for hydroxylation is 1. The summed E-state index contributed by atoms with van der Waals surface area (Å²) in [5.41, 5.74) is 0.570. The van der Waals surface area contributed by atoms with E-state index in [-0.39, 0.29) is 0 Å². The SMILES string of the molecule is COc1ccc(C)cc1NC(=O)c1ccc(F)c(F)c1F.